The number of sulfonamides is 1. The molecule has 0 aliphatic rings. The van der Waals surface area contributed by atoms with Gasteiger partial charge in [-0.2, -0.15) is 0 Å². The number of unbranched alkanes of at least 4 members (excludes halogenated alkanes) is 1. The van der Waals surface area contributed by atoms with Gasteiger partial charge < -0.3 is 10.2 Å². The molecular weight excluding hydrogens is 636 g/mol. The smallest absolute Gasteiger partial charge is 0.264 e. The number of nitrogens with zero attached hydrogens (tertiary/aromatic N) is 2. The van der Waals surface area contributed by atoms with Crippen LogP contribution in [0.1, 0.15) is 30.9 Å². The zero-order valence-electron chi connectivity index (χ0n) is 24.7. The number of carbonyl (C=O) groups excluding carboxylic acids is 2. The quantitative estimate of drug-likeness (QED) is 0.148. The highest BCUT2D eigenvalue weighted by molar-refractivity contribution is 7.92. The summed E-state index contributed by atoms with van der Waals surface area (Å²) in [6, 6.07) is 25.8. The molecule has 0 spiro atoms. The van der Waals surface area contributed by atoms with E-state index in [0.717, 1.165) is 22.7 Å². The van der Waals surface area contributed by atoms with Crippen LogP contribution in [0.25, 0.3) is 0 Å². The molecule has 0 heterocycles. The summed E-state index contributed by atoms with van der Waals surface area (Å²) in [4.78, 5) is 29.5. The van der Waals surface area contributed by atoms with E-state index in [-0.39, 0.29) is 39.5 Å². The van der Waals surface area contributed by atoms with E-state index in [2.05, 4.69) is 5.32 Å². The average Bonchev–Trinajstić information content (AvgIpc) is 3.04. The van der Waals surface area contributed by atoms with Gasteiger partial charge in [-0.3, -0.25) is 13.9 Å². The highest BCUT2D eigenvalue weighted by Gasteiger charge is 2.35. The fraction of sp³-hybridized carbons (Fsp3) is 0.235. The lowest BCUT2D eigenvalue weighted by Crippen LogP contribution is -2.53. The molecule has 2 amide bonds. The monoisotopic (exact) mass is 669 g/mol. The van der Waals surface area contributed by atoms with Gasteiger partial charge in [-0.15, -0.1) is 0 Å². The Morgan fingerprint density at radius 3 is 2.16 bits per heavy atom. The van der Waals surface area contributed by atoms with E-state index < -0.39 is 34.3 Å². The Morgan fingerprint density at radius 1 is 0.867 bits per heavy atom. The van der Waals surface area contributed by atoms with Gasteiger partial charge in [0.15, 0.2) is 0 Å². The van der Waals surface area contributed by atoms with Crippen molar-refractivity contribution in [3.05, 3.63) is 130 Å². The summed E-state index contributed by atoms with van der Waals surface area (Å²) < 4.78 is 42.8. The molecule has 0 saturated carbocycles. The maximum absolute atomic E-state index is 14.4. The number of rotatable bonds is 14. The highest BCUT2D eigenvalue weighted by atomic mass is 35.5. The van der Waals surface area contributed by atoms with Gasteiger partial charge in [0, 0.05) is 24.5 Å². The Kier molecular flexibility index (Phi) is 12.0. The normalized spacial score (nSPS) is 11.9. The van der Waals surface area contributed by atoms with E-state index in [1.807, 2.05) is 37.3 Å². The number of amides is 2. The van der Waals surface area contributed by atoms with Crippen LogP contribution < -0.4 is 9.62 Å². The molecule has 1 N–H and O–H groups in total. The average molecular weight is 671 g/mol. The van der Waals surface area contributed by atoms with Crippen molar-refractivity contribution in [3.63, 3.8) is 0 Å². The molecule has 0 aliphatic carbocycles. The molecule has 4 rings (SSSR count). The first kappa shape index (κ1) is 34.0. The summed E-state index contributed by atoms with van der Waals surface area (Å²) in [6.45, 7) is 1.64. The summed E-state index contributed by atoms with van der Waals surface area (Å²) in [6.07, 6.45) is 1.76. The second-order valence-electron chi connectivity index (χ2n) is 10.4. The predicted molar refractivity (Wildman–Crippen MR) is 176 cm³/mol. The van der Waals surface area contributed by atoms with Crippen molar-refractivity contribution in [1.82, 2.24) is 10.2 Å². The van der Waals surface area contributed by atoms with Gasteiger partial charge in [-0.25, -0.2) is 12.8 Å². The standard InChI is InChI=1S/C34H34Cl2FN3O4S/c1-2-3-20-38-34(42)32(21-25-10-6-4-7-11-25)39(23-26-14-17-28(37)18-15-26)33(41)24-40(31-22-27(35)16-19-30(31)36)45(43,44)29-12-8-5-9-13-29/h4-19,22,32H,2-3,20-21,23-24H2,1H3,(H,38,42). The van der Waals surface area contributed by atoms with Gasteiger partial charge in [0.1, 0.15) is 18.4 Å². The zero-order chi connectivity index (χ0) is 32.4. The maximum Gasteiger partial charge on any atom is 0.264 e. The lowest BCUT2D eigenvalue weighted by atomic mass is 10.0. The van der Waals surface area contributed by atoms with Crippen molar-refractivity contribution in [2.75, 3.05) is 17.4 Å². The van der Waals surface area contributed by atoms with Gasteiger partial charge in [0.2, 0.25) is 11.8 Å². The van der Waals surface area contributed by atoms with Crippen LogP contribution in [0.4, 0.5) is 10.1 Å². The molecule has 4 aromatic carbocycles. The molecule has 0 bridgehead atoms. The number of carbonyl (C=O) groups is 2. The third kappa shape index (κ3) is 9.06. The molecule has 236 valence electrons. The van der Waals surface area contributed by atoms with Crippen LogP contribution >= 0.6 is 23.2 Å². The first-order valence-corrected chi connectivity index (χ1v) is 16.7. The predicted octanol–water partition coefficient (Wildman–Crippen LogP) is 6.88. The van der Waals surface area contributed by atoms with Crippen molar-refractivity contribution in [2.24, 2.45) is 0 Å². The summed E-state index contributed by atoms with van der Waals surface area (Å²) in [5, 5.41) is 3.21. The molecule has 1 unspecified atom stereocenters. The van der Waals surface area contributed by atoms with Crippen LogP contribution in [0.15, 0.2) is 108 Å². The SMILES string of the molecule is CCCCNC(=O)C(Cc1ccccc1)N(Cc1ccc(F)cc1)C(=O)CN(c1cc(Cl)ccc1Cl)S(=O)(=O)c1ccccc1. The van der Waals surface area contributed by atoms with E-state index in [9.17, 15) is 22.4 Å². The van der Waals surface area contributed by atoms with Crippen LogP contribution in [0.5, 0.6) is 0 Å². The third-order valence-corrected chi connectivity index (χ3v) is 9.48. The molecule has 0 radical (unpaired) electrons. The van der Waals surface area contributed by atoms with Gasteiger partial charge in [-0.05, 0) is 60.0 Å². The maximum atomic E-state index is 14.4. The number of benzene rings is 4. The zero-order valence-corrected chi connectivity index (χ0v) is 27.0. The van der Waals surface area contributed by atoms with Gasteiger partial charge >= 0.3 is 0 Å². The van der Waals surface area contributed by atoms with E-state index in [1.165, 1.54) is 59.5 Å². The summed E-state index contributed by atoms with van der Waals surface area (Å²) >= 11 is 12.8. The minimum absolute atomic E-state index is 0.00936. The van der Waals surface area contributed by atoms with Crippen molar-refractivity contribution in [1.29, 1.82) is 0 Å². The van der Waals surface area contributed by atoms with Crippen LogP contribution in [0, 0.1) is 5.82 Å². The third-order valence-electron chi connectivity index (χ3n) is 7.15. The van der Waals surface area contributed by atoms with Crippen molar-refractivity contribution >= 4 is 50.7 Å². The lowest BCUT2D eigenvalue weighted by Gasteiger charge is -2.34. The van der Waals surface area contributed by atoms with Crippen LogP contribution in [0.3, 0.4) is 0 Å². The molecule has 1 atom stereocenters. The first-order valence-electron chi connectivity index (χ1n) is 14.5. The fourth-order valence-corrected chi connectivity index (χ4v) is 6.64. The molecule has 0 saturated heterocycles. The number of halogens is 3. The van der Waals surface area contributed by atoms with Crippen molar-refractivity contribution in [2.45, 2.75) is 43.7 Å². The Morgan fingerprint density at radius 2 is 1.51 bits per heavy atom. The van der Waals surface area contributed by atoms with Crippen LogP contribution in [0.2, 0.25) is 10.0 Å². The molecular formula is C34H34Cl2FN3O4S. The molecule has 11 heteroatoms. The van der Waals surface area contributed by atoms with E-state index >= 15 is 0 Å². The Labute approximate surface area is 273 Å². The van der Waals surface area contributed by atoms with Crippen molar-refractivity contribution in [3.8, 4) is 0 Å². The molecule has 4 aromatic rings. The Balaban J connectivity index is 1.81. The Bertz CT molecular complexity index is 1690. The minimum Gasteiger partial charge on any atom is -0.354 e. The van der Waals surface area contributed by atoms with Crippen molar-refractivity contribution < 1.29 is 22.4 Å². The molecule has 0 fully saturated rings. The van der Waals surface area contributed by atoms with E-state index in [1.54, 1.807) is 18.2 Å². The number of hydrogen-bond donors (Lipinski definition) is 1. The number of nitrogens with one attached hydrogen (secondary N) is 1. The molecule has 0 aromatic heterocycles. The fourth-order valence-electron chi connectivity index (χ4n) is 4.76. The van der Waals surface area contributed by atoms with E-state index in [4.69, 9.17) is 23.2 Å². The largest absolute Gasteiger partial charge is 0.354 e. The summed E-state index contributed by atoms with van der Waals surface area (Å²) in [5.41, 5.74) is 1.37. The van der Waals surface area contributed by atoms with Gasteiger partial charge in [0.25, 0.3) is 10.0 Å². The second kappa shape index (κ2) is 15.9. The number of anilines is 1. The first-order chi connectivity index (χ1) is 21.6. The van der Waals surface area contributed by atoms with E-state index in [0.29, 0.717) is 12.1 Å². The summed E-state index contributed by atoms with van der Waals surface area (Å²) in [7, 11) is -4.33. The van der Waals surface area contributed by atoms with Crippen LogP contribution in [-0.2, 0) is 32.6 Å². The second-order valence-corrected chi connectivity index (χ2v) is 13.1. The molecule has 45 heavy (non-hydrogen) atoms. The Hall–Kier alpha value is -3.92. The van der Waals surface area contributed by atoms with Gasteiger partial charge in [0.05, 0.1) is 15.6 Å². The summed E-state index contributed by atoms with van der Waals surface area (Å²) in [5.74, 6) is -1.51. The molecule has 0 aliphatic heterocycles. The van der Waals surface area contributed by atoms with Gasteiger partial charge in [-0.1, -0.05) is 97.2 Å². The molecule has 7 nitrogen and oxygen atoms in total. The lowest BCUT2D eigenvalue weighted by molar-refractivity contribution is -0.140. The number of hydrogen-bond acceptors (Lipinski definition) is 4. The topological polar surface area (TPSA) is 86.8 Å². The van der Waals surface area contributed by atoms with Crippen LogP contribution in [-0.4, -0.2) is 44.3 Å². The minimum atomic E-state index is -4.33. The highest BCUT2D eigenvalue weighted by Crippen LogP contribution is 2.33.